The third-order valence-electron chi connectivity index (χ3n) is 2.65. The third kappa shape index (κ3) is 2.42. The Hall–Kier alpha value is -0.920. The maximum Gasteiger partial charge on any atom is 0.244 e. The molecule has 1 aromatic rings. The van der Waals surface area contributed by atoms with Crippen LogP contribution in [0, 0.1) is 0 Å². The van der Waals surface area contributed by atoms with Crippen molar-refractivity contribution < 1.29 is 13.2 Å². The van der Waals surface area contributed by atoms with Crippen molar-refractivity contribution in [3.63, 3.8) is 0 Å². The van der Waals surface area contributed by atoms with E-state index >= 15 is 0 Å². The van der Waals surface area contributed by atoms with Crippen LogP contribution >= 0.6 is 0 Å². The number of hydrogen-bond donors (Lipinski definition) is 2. The van der Waals surface area contributed by atoms with Crippen LogP contribution in [-0.2, 0) is 14.8 Å². The molecule has 0 bridgehead atoms. The molecule has 2 atom stereocenters. The fourth-order valence-corrected chi connectivity index (χ4v) is 2.95. The molecule has 2 rings (SSSR count). The smallest absolute Gasteiger partial charge is 0.244 e. The molecule has 1 aliphatic heterocycles. The number of sulfonamides is 1. The standard InChI is InChI=1S/C9H15N3O3S/c1-7(9-3-2-4-15-9)12-16(13,14)8-5-10-11-6-8/h5-7,9,12H,2-4H2,1H3,(H,10,11). The Balaban J connectivity index is 2.03. The van der Waals surface area contributed by atoms with E-state index in [1.807, 2.05) is 6.92 Å². The molecule has 6 nitrogen and oxygen atoms in total. The highest BCUT2D eigenvalue weighted by atomic mass is 32.2. The third-order valence-corrected chi connectivity index (χ3v) is 4.17. The summed E-state index contributed by atoms with van der Waals surface area (Å²) in [6.07, 6.45) is 4.49. The maximum atomic E-state index is 11.8. The van der Waals surface area contributed by atoms with E-state index in [-0.39, 0.29) is 17.0 Å². The Morgan fingerprint density at radius 2 is 2.50 bits per heavy atom. The van der Waals surface area contributed by atoms with Crippen LogP contribution in [0.2, 0.25) is 0 Å². The number of ether oxygens (including phenoxy) is 1. The van der Waals surface area contributed by atoms with Gasteiger partial charge in [0.1, 0.15) is 4.90 Å². The van der Waals surface area contributed by atoms with E-state index in [0.717, 1.165) is 12.8 Å². The van der Waals surface area contributed by atoms with Crippen LogP contribution in [0.25, 0.3) is 0 Å². The fourth-order valence-electron chi connectivity index (χ4n) is 1.77. The lowest BCUT2D eigenvalue weighted by Crippen LogP contribution is -2.40. The lowest BCUT2D eigenvalue weighted by atomic mass is 10.1. The minimum absolute atomic E-state index is 0.0262. The second-order valence-electron chi connectivity index (χ2n) is 3.90. The Labute approximate surface area is 94.4 Å². The van der Waals surface area contributed by atoms with Crippen molar-refractivity contribution in [1.29, 1.82) is 0 Å². The monoisotopic (exact) mass is 245 g/mol. The first kappa shape index (κ1) is 11.6. The van der Waals surface area contributed by atoms with Gasteiger partial charge in [0.05, 0.1) is 12.3 Å². The van der Waals surface area contributed by atoms with Crippen LogP contribution in [0.4, 0.5) is 0 Å². The van der Waals surface area contributed by atoms with E-state index in [4.69, 9.17) is 4.74 Å². The summed E-state index contributed by atoms with van der Waals surface area (Å²) in [7, 11) is -3.48. The molecule has 1 saturated heterocycles. The SMILES string of the molecule is CC(NS(=O)(=O)c1cn[nH]c1)C1CCCO1. The predicted molar refractivity (Wildman–Crippen MR) is 57.3 cm³/mol. The van der Waals surface area contributed by atoms with Gasteiger partial charge in [-0.2, -0.15) is 5.10 Å². The highest BCUT2D eigenvalue weighted by Gasteiger charge is 2.27. The van der Waals surface area contributed by atoms with Gasteiger partial charge in [0, 0.05) is 18.8 Å². The molecule has 1 aliphatic rings. The lowest BCUT2D eigenvalue weighted by molar-refractivity contribution is 0.0902. The molecule has 2 N–H and O–H groups in total. The van der Waals surface area contributed by atoms with Crippen molar-refractivity contribution in [2.24, 2.45) is 0 Å². The predicted octanol–water partition coefficient (Wildman–Crippen LogP) is 0.255. The Morgan fingerprint density at radius 3 is 3.06 bits per heavy atom. The number of rotatable bonds is 4. The molecule has 1 aromatic heterocycles. The highest BCUT2D eigenvalue weighted by molar-refractivity contribution is 7.89. The molecule has 1 fully saturated rings. The Bertz CT molecular complexity index is 423. The first-order valence-corrected chi connectivity index (χ1v) is 6.70. The van der Waals surface area contributed by atoms with Crippen molar-refractivity contribution in [2.45, 2.75) is 36.8 Å². The molecule has 2 unspecified atom stereocenters. The van der Waals surface area contributed by atoms with Gasteiger partial charge < -0.3 is 4.74 Å². The summed E-state index contributed by atoms with van der Waals surface area (Å²) in [5.41, 5.74) is 0. The molecular weight excluding hydrogens is 230 g/mol. The second kappa shape index (κ2) is 4.52. The molecule has 0 aliphatic carbocycles. The van der Waals surface area contributed by atoms with Gasteiger partial charge in [-0.3, -0.25) is 5.10 Å². The molecule has 0 radical (unpaired) electrons. The van der Waals surface area contributed by atoms with E-state index in [1.54, 1.807) is 0 Å². The Kier molecular flexibility index (Phi) is 3.27. The van der Waals surface area contributed by atoms with E-state index in [0.29, 0.717) is 6.61 Å². The maximum absolute atomic E-state index is 11.8. The van der Waals surface area contributed by atoms with Crippen molar-refractivity contribution >= 4 is 10.0 Å². The number of nitrogens with one attached hydrogen (secondary N) is 2. The van der Waals surface area contributed by atoms with Gasteiger partial charge in [0.25, 0.3) is 0 Å². The average molecular weight is 245 g/mol. The molecule has 0 saturated carbocycles. The van der Waals surface area contributed by atoms with Crippen LogP contribution in [0.15, 0.2) is 17.3 Å². The topological polar surface area (TPSA) is 84.1 Å². The summed E-state index contributed by atoms with van der Waals surface area (Å²) in [4.78, 5) is 0.150. The number of aromatic amines is 1. The van der Waals surface area contributed by atoms with Gasteiger partial charge in [-0.1, -0.05) is 0 Å². The van der Waals surface area contributed by atoms with E-state index in [1.165, 1.54) is 12.4 Å². The number of nitrogens with zero attached hydrogens (tertiary/aromatic N) is 1. The molecule has 0 aromatic carbocycles. The molecule has 16 heavy (non-hydrogen) atoms. The Morgan fingerprint density at radius 1 is 1.69 bits per heavy atom. The lowest BCUT2D eigenvalue weighted by Gasteiger charge is -2.19. The van der Waals surface area contributed by atoms with Gasteiger partial charge >= 0.3 is 0 Å². The van der Waals surface area contributed by atoms with Crippen LogP contribution in [-0.4, -0.2) is 37.4 Å². The van der Waals surface area contributed by atoms with E-state index < -0.39 is 10.0 Å². The van der Waals surface area contributed by atoms with E-state index in [2.05, 4.69) is 14.9 Å². The number of hydrogen-bond acceptors (Lipinski definition) is 4. The number of aromatic nitrogens is 2. The summed E-state index contributed by atoms with van der Waals surface area (Å²) in [5, 5.41) is 6.10. The normalized spacial score (nSPS) is 23.4. The minimum Gasteiger partial charge on any atom is -0.377 e. The molecular formula is C9H15N3O3S. The molecule has 2 heterocycles. The summed E-state index contributed by atoms with van der Waals surface area (Å²) in [6, 6.07) is -0.220. The van der Waals surface area contributed by atoms with Gasteiger partial charge in [0.2, 0.25) is 10.0 Å². The molecule has 7 heteroatoms. The van der Waals surface area contributed by atoms with Crippen LogP contribution in [0.1, 0.15) is 19.8 Å². The van der Waals surface area contributed by atoms with Crippen LogP contribution in [0.5, 0.6) is 0 Å². The summed E-state index contributed by atoms with van der Waals surface area (Å²) < 4.78 is 31.7. The van der Waals surface area contributed by atoms with Crippen LogP contribution in [0.3, 0.4) is 0 Å². The summed E-state index contributed by atoms with van der Waals surface area (Å²) in [6.45, 7) is 2.52. The summed E-state index contributed by atoms with van der Waals surface area (Å²) >= 11 is 0. The summed E-state index contributed by atoms with van der Waals surface area (Å²) in [5.74, 6) is 0. The molecule has 90 valence electrons. The van der Waals surface area contributed by atoms with E-state index in [9.17, 15) is 8.42 Å². The first-order valence-electron chi connectivity index (χ1n) is 5.22. The van der Waals surface area contributed by atoms with Crippen molar-refractivity contribution in [1.82, 2.24) is 14.9 Å². The average Bonchev–Trinajstić information content (AvgIpc) is 2.91. The minimum atomic E-state index is -3.48. The van der Waals surface area contributed by atoms with Gasteiger partial charge in [-0.15, -0.1) is 0 Å². The zero-order chi connectivity index (χ0) is 11.6. The largest absolute Gasteiger partial charge is 0.377 e. The quantitative estimate of drug-likeness (QED) is 0.796. The van der Waals surface area contributed by atoms with Gasteiger partial charge in [-0.25, -0.2) is 13.1 Å². The molecule has 0 spiro atoms. The fraction of sp³-hybridized carbons (Fsp3) is 0.667. The van der Waals surface area contributed by atoms with Crippen molar-refractivity contribution in [3.8, 4) is 0 Å². The zero-order valence-electron chi connectivity index (χ0n) is 9.01. The van der Waals surface area contributed by atoms with Gasteiger partial charge in [-0.05, 0) is 19.8 Å². The highest BCUT2D eigenvalue weighted by Crippen LogP contribution is 2.17. The van der Waals surface area contributed by atoms with Crippen molar-refractivity contribution in [3.05, 3.63) is 12.4 Å². The zero-order valence-corrected chi connectivity index (χ0v) is 9.83. The molecule has 0 amide bonds. The number of H-pyrrole nitrogens is 1. The van der Waals surface area contributed by atoms with Gasteiger partial charge in [0.15, 0.2) is 0 Å². The second-order valence-corrected chi connectivity index (χ2v) is 5.61. The van der Waals surface area contributed by atoms with Crippen molar-refractivity contribution in [2.75, 3.05) is 6.61 Å². The van der Waals surface area contributed by atoms with Crippen LogP contribution < -0.4 is 4.72 Å². The first-order chi connectivity index (χ1) is 7.59.